The minimum atomic E-state index is 0.372. The summed E-state index contributed by atoms with van der Waals surface area (Å²) >= 11 is 0. The highest BCUT2D eigenvalue weighted by molar-refractivity contribution is 5.25. The van der Waals surface area contributed by atoms with Gasteiger partial charge >= 0.3 is 0 Å². The average molecular weight is 250 g/mol. The summed E-state index contributed by atoms with van der Waals surface area (Å²) in [5.41, 5.74) is 2.66. The van der Waals surface area contributed by atoms with Gasteiger partial charge in [0, 0.05) is 25.7 Å². The lowest BCUT2D eigenvalue weighted by atomic mass is 10.0. The molecule has 1 unspecified atom stereocenters. The first-order valence-corrected chi connectivity index (χ1v) is 6.67. The van der Waals surface area contributed by atoms with Gasteiger partial charge in [-0.3, -0.25) is 0 Å². The van der Waals surface area contributed by atoms with E-state index in [9.17, 15) is 0 Å². The van der Waals surface area contributed by atoms with Crippen LogP contribution in [0.2, 0.25) is 0 Å². The van der Waals surface area contributed by atoms with Crippen LogP contribution in [0, 0.1) is 6.92 Å². The summed E-state index contributed by atoms with van der Waals surface area (Å²) in [6.07, 6.45) is 0. The van der Waals surface area contributed by atoms with Crippen molar-refractivity contribution in [2.75, 3.05) is 40.4 Å². The first kappa shape index (κ1) is 15.2. The topological polar surface area (TPSA) is 24.5 Å². The second kappa shape index (κ2) is 8.25. The zero-order chi connectivity index (χ0) is 13.4. The Bertz CT molecular complexity index is 341. The summed E-state index contributed by atoms with van der Waals surface area (Å²) in [5, 5.41) is 3.38. The summed E-state index contributed by atoms with van der Waals surface area (Å²) in [5.74, 6) is 0. The molecule has 0 aliphatic heterocycles. The summed E-state index contributed by atoms with van der Waals surface area (Å²) < 4.78 is 5.38. The lowest BCUT2D eigenvalue weighted by Crippen LogP contribution is -2.33. The van der Waals surface area contributed by atoms with Crippen molar-refractivity contribution in [2.24, 2.45) is 0 Å². The number of hydrogen-bond acceptors (Lipinski definition) is 3. The lowest BCUT2D eigenvalue weighted by Gasteiger charge is -2.24. The molecule has 0 spiro atoms. The van der Waals surface area contributed by atoms with Crippen molar-refractivity contribution in [2.45, 2.75) is 19.9 Å². The predicted molar refractivity (Wildman–Crippen MR) is 77.0 cm³/mol. The van der Waals surface area contributed by atoms with Gasteiger partial charge in [-0.05, 0) is 33.5 Å². The van der Waals surface area contributed by atoms with Crippen molar-refractivity contribution in [3.8, 4) is 0 Å². The summed E-state index contributed by atoms with van der Waals surface area (Å²) in [4.78, 5) is 2.30. The molecule has 3 heteroatoms. The quantitative estimate of drug-likeness (QED) is 0.716. The average Bonchev–Trinajstić information content (AvgIpc) is 2.36. The van der Waals surface area contributed by atoms with E-state index in [2.05, 4.69) is 48.5 Å². The van der Waals surface area contributed by atoms with Crippen LogP contribution in [-0.2, 0) is 4.74 Å². The van der Waals surface area contributed by atoms with Crippen LogP contribution in [0.3, 0.4) is 0 Å². The van der Waals surface area contributed by atoms with E-state index in [1.165, 1.54) is 11.1 Å². The lowest BCUT2D eigenvalue weighted by molar-refractivity contribution is 0.119. The van der Waals surface area contributed by atoms with E-state index in [0.717, 1.165) is 26.3 Å². The minimum absolute atomic E-state index is 0.372. The highest BCUT2D eigenvalue weighted by atomic mass is 16.5. The van der Waals surface area contributed by atoms with Gasteiger partial charge in [-0.15, -0.1) is 0 Å². The van der Waals surface area contributed by atoms with E-state index in [-0.39, 0.29) is 0 Å². The monoisotopic (exact) mass is 250 g/mol. The zero-order valence-corrected chi connectivity index (χ0v) is 12.1. The van der Waals surface area contributed by atoms with E-state index in [1.54, 1.807) is 0 Å². The molecule has 1 aromatic carbocycles. The summed E-state index contributed by atoms with van der Waals surface area (Å²) in [6.45, 7) is 7.72. The van der Waals surface area contributed by atoms with Crippen molar-refractivity contribution in [1.82, 2.24) is 10.2 Å². The standard InChI is InChI=1S/C15H26N2O/c1-5-18-10-9-17(4)12-15(16-3)14-8-6-7-13(2)11-14/h6-8,11,15-16H,5,9-10,12H2,1-4H3. The normalized spacial score (nSPS) is 12.9. The largest absolute Gasteiger partial charge is 0.380 e. The zero-order valence-electron chi connectivity index (χ0n) is 12.1. The van der Waals surface area contributed by atoms with Crippen LogP contribution >= 0.6 is 0 Å². The molecule has 0 saturated heterocycles. The molecule has 0 bridgehead atoms. The molecule has 1 rings (SSSR count). The second-order valence-electron chi connectivity index (χ2n) is 4.71. The van der Waals surface area contributed by atoms with Gasteiger partial charge in [0.2, 0.25) is 0 Å². The van der Waals surface area contributed by atoms with Crippen molar-refractivity contribution >= 4 is 0 Å². The van der Waals surface area contributed by atoms with Gasteiger partial charge < -0.3 is 15.0 Å². The number of ether oxygens (including phenoxy) is 1. The van der Waals surface area contributed by atoms with Gasteiger partial charge in [0.15, 0.2) is 0 Å². The van der Waals surface area contributed by atoms with Gasteiger partial charge in [0.1, 0.15) is 0 Å². The van der Waals surface area contributed by atoms with Crippen LogP contribution in [0.25, 0.3) is 0 Å². The second-order valence-corrected chi connectivity index (χ2v) is 4.71. The molecule has 3 nitrogen and oxygen atoms in total. The van der Waals surface area contributed by atoms with Crippen molar-refractivity contribution < 1.29 is 4.74 Å². The van der Waals surface area contributed by atoms with Crippen molar-refractivity contribution in [3.05, 3.63) is 35.4 Å². The number of aryl methyl sites for hydroxylation is 1. The fraction of sp³-hybridized carbons (Fsp3) is 0.600. The maximum absolute atomic E-state index is 5.38. The third-order valence-electron chi connectivity index (χ3n) is 3.11. The fourth-order valence-corrected chi connectivity index (χ4v) is 2.02. The van der Waals surface area contributed by atoms with Gasteiger partial charge in [-0.1, -0.05) is 29.8 Å². The van der Waals surface area contributed by atoms with E-state index in [1.807, 2.05) is 14.0 Å². The van der Waals surface area contributed by atoms with Crippen LogP contribution in [0.15, 0.2) is 24.3 Å². The third-order valence-corrected chi connectivity index (χ3v) is 3.11. The van der Waals surface area contributed by atoms with Crippen LogP contribution in [0.5, 0.6) is 0 Å². The number of nitrogens with one attached hydrogen (secondary N) is 1. The van der Waals surface area contributed by atoms with Crippen LogP contribution in [-0.4, -0.2) is 45.3 Å². The molecule has 0 heterocycles. The van der Waals surface area contributed by atoms with E-state index in [4.69, 9.17) is 4.74 Å². The molecule has 0 radical (unpaired) electrons. The highest BCUT2D eigenvalue weighted by Gasteiger charge is 2.11. The molecule has 0 aliphatic carbocycles. The molecule has 0 amide bonds. The number of likely N-dealkylation sites (N-methyl/N-ethyl adjacent to an activating group) is 2. The van der Waals surface area contributed by atoms with Gasteiger partial charge in [0.05, 0.1) is 6.61 Å². The van der Waals surface area contributed by atoms with Crippen LogP contribution < -0.4 is 5.32 Å². The Kier molecular flexibility index (Phi) is 6.94. The molecule has 18 heavy (non-hydrogen) atoms. The molecular formula is C15H26N2O. The van der Waals surface area contributed by atoms with E-state index >= 15 is 0 Å². The highest BCUT2D eigenvalue weighted by Crippen LogP contribution is 2.15. The van der Waals surface area contributed by atoms with Crippen molar-refractivity contribution in [3.63, 3.8) is 0 Å². The van der Waals surface area contributed by atoms with Gasteiger partial charge in [-0.25, -0.2) is 0 Å². The number of nitrogens with zero attached hydrogens (tertiary/aromatic N) is 1. The maximum atomic E-state index is 5.38. The molecule has 0 aromatic heterocycles. The molecule has 102 valence electrons. The number of benzene rings is 1. The molecule has 1 N–H and O–H groups in total. The maximum Gasteiger partial charge on any atom is 0.0593 e. The third kappa shape index (κ3) is 5.17. The van der Waals surface area contributed by atoms with Gasteiger partial charge in [-0.2, -0.15) is 0 Å². The summed E-state index contributed by atoms with van der Waals surface area (Å²) in [7, 11) is 4.16. The Balaban J connectivity index is 2.51. The number of rotatable bonds is 8. The Morgan fingerprint density at radius 3 is 2.78 bits per heavy atom. The van der Waals surface area contributed by atoms with E-state index in [0.29, 0.717) is 6.04 Å². The number of hydrogen-bond donors (Lipinski definition) is 1. The Morgan fingerprint density at radius 1 is 1.39 bits per heavy atom. The molecule has 0 fully saturated rings. The first-order valence-electron chi connectivity index (χ1n) is 6.67. The van der Waals surface area contributed by atoms with Crippen molar-refractivity contribution in [1.29, 1.82) is 0 Å². The van der Waals surface area contributed by atoms with E-state index < -0.39 is 0 Å². The molecule has 0 saturated carbocycles. The summed E-state index contributed by atoms with van der Waals surface area (Å²) in [6, 6.07) is 9.06. The fourth-order valence-electron chi connectivity index (χ4n) is 2.02. The molecular weight excluding hydrogens is 224 g/mol. The molecule has 1 atom stereocenters. The predicted octanol–water partition coefficient (Wildman–Crippen LogP) is 2.22. The first-order chi connectivity index (χ1) is 8.67. The van der Waals surface area contributed by atoms with Crippen LogP contribution in [0.4, 0.5) is 0 Å². The smallest absolute Gasteiger partial charge is 0.0593 e. The van der Waals surface area contributed by atoms with Crippen LogP contribution in [0.1, 0.15) is 24.1 Å². The Morgan fingerprint density at radius 2 is 2.17 bits per heavy atom. The molecule has 0 aliphatic rings. The molecule has 1 aromatic rings. The minimum Gasteiger partial charge on any atom is -0.380 e. The Labute approximate surface area is 111 Å². The Hall–Kier alpha value is -0.900. The SMILES string of the molecule is CCOCCN(C)CC(NC)c1cccc(C)c1. The van der Waals surface area contributed by atoms with Gasteiger partial charge in [0.25, 0.3) is 0 Å².